The Morgan fingerprint density at radius 2 is 2.12 bits per heavy atom. The third kappa shape index (κ3) is 3.43. The standard InChI is InChI=1S/C10H18ClN3O2S/c1-5-10(2,3)6-13-17(15,16)9-8(11)14(4)7-12-9/h7,13H,5-6H2,1-4H3. The molecule has 0 bridgehead atoms. The van der Waals surface area contributed by atoms with Gasteiger partial charge in [0.1, 0.15) is 5.15 Å². The van der Waals surface area contributed by atoms with Crippen LogP contribution in [0.25, 0.3) is 0 Å². The second kappa shape index (κ2) is 4.96. The lowest BCUT2D eigenvalue weighted by molar-refractivity contribution is 0.350. The first-order valence-corrected chi connectivity index (χ1v) is 7.22. The number of hydrogen-bond donors (Lipinski definition) is 1. The van der Waals surface area contributed by atoms with Crippen LogP contribution < -0.4 is 4.72 Å². The molecule has 1 aromatic rings. The van der Waals surface area contributed by atoms with Crippen molar-refractivity contribution < 1.29 is 8.42 Å². The van der Waals surface area contributed by atoms with Crippen LogP contribution in [0.3, 0.4) is 0 Å². The van der Waals surface area contributed by atoms with E-state index in [1.165, 1.54) is 10.9 Å². The minimum Gasteiger partial charge on any atom is -0.324 e. The Labute approximate surface area is 107 Å². The molecule has 0 atom stereocenters. The van der Waals surface area contributed by atoms with Crippen molar-refractivity contribution in [2.45, 2.75) is 32.2 Å². The van der Waals surface area contributed by atoms with E-state index in [4.69, 9.17) is 11.6 Å². The quantitative estimate of drug-likeness (QED) is 0.894. The molecule has 17 heavy (non-hydrogen) atoms. The Balaban J connectivity index is 2.87. The maximum Gasteiger partial charge on any atom is 0.261 e. The summed E-state index contributed by atoms with van der Waals surface area (Å²) in [6, 6.07) is 0. The molecule has 5 nitrogen and oxygen atoms in total. The van der Waals surface area contributed by atoms with Crippen molar-refractivity contribution in [1.82, 2.24) is 14.3 Å². The molecule has 7 heteroatoms. The van der Waals surface area contributed by atoms with Gasteiger partial charge in [0.25, 0.3) is 10.0 Å². The van der Waals surface area contributed by atoms with E-state index in [0.29, 0.717) is 6.54 Å². The monoisotopic (exact) mass is 279 g/mol. The molecule has 0 radical (unpaired) electrons. The SMILES string of the molecule is CCC(C)(C)CNS(=O)(=O)c1ncn(C)c1Cl. The number of nitrogens with one attached hydrogen (secondary N) is 1. The van der Waals surface area contributed by atoms with Gasteiger partial charge < -0.3 is 4.57 Å². The van der Waals surface area contributed by atoms with Gasteiger partial charge >= 0.3 is 0 Å². The average molecular weight is 280 g/mol. The first-order chi connectivity index (χ1) is 7.69. The number of imidazole rings is 1. The molecule has 0 aromatic carbocycles. The van der Waals surface area contributed by atoms with Crippen molar-refractivity contribution >= 4 is 21.6 Å². The van der Waals surface area contributed by atoms with E-state index in [1.54, 1.807) is 7.05 Å². The van der Waals surface area contributed by atoms with E-state index >= 15 is 0 Å². The predicted octanol–water partition coefficient (Wildman–Crippen LogP) is 1.79. The third-order valence-electron chi connectivity index (χ3n) is 2.79. The molecule has 1 heterocycles. The van der Waals surface area contributed by atoms with Crippen LogP contribution in [0.15, 0.2) is 11.4 Å². The average Bonchev–Trinajstić information content (AvgIpc) is 2.58. The summed E-state index contributed by atoms with van der Waals surface area (Å²) in [5.41, 5.74) is -0.0890. The van der Waals surface area contributed by atoms with Gasteiger partial charge in [-0.1, -0.05) is 32.4 Å². The zero-order valence-corrected chi connectivity index (χ0v) is 12.1. The molecule has 0 fully saturated rings. The van der Waals surface area contributed by atoms with Gasteiger partial charge in [-0.3, -0.25) is 0 Å². The molecule has 0 amide bonds. The number of nitrogens with zero attached hydrogens (tertiary/aromatic N) is 2. The van der Waals surface area contributed by atoms with Gasteiger partial charge in [0.15, 0.2) is 0 Å². The van der Waals surface area contributed by atoms with Crippen molar-refractivity contribution in [3.05, 3.63) is 11.5 Å². The summed E-state index contributed by atoms with van der Waals surface area (Å²) in [6.07, 6.45) is 2.26. The summed E-state index contributed by atoms with van der Waals surface area (Å²) in [5.74, 6) is 0. The van der Waals surface area contributed by atoms with Crippen LogP contribution in [0.4, 0.5) is 0 Å². The van der Waals surface area contributed by atoms with E-state index in [-0.39, 0.29) is 15.6 Å². The fraction of sp³-hybridized carbons (Fsp3) is 0.700. The third-order valence-corrected chi connectivity index (χ3v) is 4.68. The summed E-state index contributed by atoms with van der Waals surface area (Å²) >= 11 is 5.86. The molecule has 0 saturated carbocycles. The minimum atomic E-state index is -3.63. The number of hydrogen-bond acceptors (Lipinski definition) is 3. The highest BCUT2D eigenvalue weighted by molar-refractivity contribution is 7.89. The Morgan fingerprint density at radius 3 is 2.53 bits per heavy atom. The summed E-state index contributed by atoms with van der Waals surface area (Å²) in [7, 11) is -1.98. The van der Waals surface area contributed by atoms with Crippen molar-refractivity contribution in [3.63, 3.8) is 0 Å². The van der Waals surface area contributed by atoms with Crippen molar-refractivity contribution in [2.75, 3.05) is 6.54 Å². The Bertz CT molecular complexity index is 494. The topological polar surface area (TPSA) is 64.0 Å². The number of halogens is 1. The molecule has 0 aliphatic heterocycles. The fourth-order valence-electron chi connectivity index (χ4n) is 1.06. The highest BCUT2D eigenvalue weighted by Crippen LogP contribution is 2.21. The second-order valence-corrected chi connectivity index (χ2v) is 6.83. The number of aromatic nitrogens is 2. The lowest BCUT2D eigenvalue weighted by Crippen LogP contribution is -2.34. The van der Waals surface area contributed by atoms with Crippen LogP contribution in [0.2, 0.25) is 5.15 Å². The molecule has 0 saturated heterocycles. The van der Waals surface area contributed by atoms with Gasteiger partial charge in [-0.25, -0.2) is 18.1 Å². The summed E-state index contributed by atoms with van der Waals surface area (Å²) in [4.78, 5) is 3.79. The Hall–Kier alpha value is -0.590. The molecule has 1 aromatic heterocycles. The fourth-order valence-corrected chi connectivity index (χ4v) is 2.72. The molecule has 98 valence electrons. The van der Waals surface area contributed by atoms with E-state index in [2.05, 4.69) is 9.71 Å². The van der Waals surface area contributed by atoms with Crippen molar-refractivity contribution in [2.24, 2.45) is 12.5 Å². The zero-order chi connectivity index (χ0) is 13.3. The Morgan fingerprint density at radius 1 is 1.53 bits per heavy atom. The van der Waals surface area contributed by atoms with E-state index in [1.807, 2.05) is 20.8 Å². The highest BCUT2D eigenvalue weighted by Gasteiger charge is 2.25. The number of aryl methyl sites for hydroxylation is 1. The van der Waals surface area contributed by atoms with Crippen LogP contribution in [0.5, 0.6) is 0 Å². The predicted molar refractivity (Wildman–Crippen MR) is 67.5 cm³/mol. The van der Waals surface area contributed by atoms with Crippen LogP contribution >= 0.6 is 11.6 Å². The second-order valence-electron chi connectivity index (χ2n) is 4.79. The van der Waals surface area contributed by atoms with Crippen LogP contribution in [-0.4, -0.2) is 24.5 Å². The number of rotatable bonds is 5. The van der Waals surface area contributed by atoms with Crippen molar-refractivity contribution in [3.8, 4) is 0 Å². The summed E-state index contributed by atoms with van der Waals surface area (Å²) < 4.78 is 27.9. The minimum absolute atomic E-state index is 0.0890. The lowest BCUT2D eigenvalue weighted by Gasteiger charge is -2.22. The van der Waals surface area contributed by atoms with E-state index in [0.717, 1.165) is 6.42 Å². The van der Waals surface area contributed by atoms with Crippen LogP contribution in [0, 0.1) is 5.41 Å². The van der Waals surface area contributed by atoms with Crippen LogP contribution in [-0.2, 0) is 17.1 Å². The first-order valence-electron chi connectivity index (χ1n) is 5.36. The van der Waals surface area contributed by atoms with Gasteiger partial charge in [-0.05, 0) is 11.8 Å². The number of sulfonamides is 1. The molecular formula is C10H18ClN3O2S. The highest BCUT2D eigenvalue weighted by atomic mass is 35.5. The van der Waals surface area contributed by atoms with Gasteiger partial charge in [0.2, 0.25) is 5.03 Å². The van der Waals surface area contributed by atoms with E-state index < -0.39 is 10.0 Å². The van der Waals surface area contributed by atoms with E-state index in [9.17, 15) is 8.42 Å². The van der Waals surface area contributed by atoms with Gasteiger partial charge in [-0.2, -0.15) is 0 Å². The summed E-state index contributed by atoms with van der Waals surface area (Å²) in [6.45, 7) is 6.37. The summed E-state index contributed by atoms with van der Waals surface area (Å²) in [5, 5.41) is 0.000347. The van der Waals surface area contributed by atoms with Gasteiger partial charge in [-0.15, -0.1) is 0 Å². The molecule has 0 unspecified atom stereocenters. The lowest BCUT2D eigenvalue weighted by atomic mass is 9.91. The molecule has 1 N–H and O–H groups in total. The maximum absolute atomic E-state index is 12.0. The smallest absolute Gasteiger partial charge is 0.261 e. The van der Waals surface area contributed by atoms with Crippen LogP contribution in [0.1, 0.15) is 27.2 Å². The zero-order valence-electron chi connectivity index (χ0n) is 10.5. The first kappa shape index (κ1) is 14.5. The molecule has 0 spiro atoms. The molecule has 1 rings (SSSR count). The Kier molecular flexibility index (Phi) is 4.22. The largest absolute Gasteiger partial charge is 0.324 e. The normalized spacial score (nSPS) is 13.0. The van der Waals surface area contributed by atoms with Crippen molar-refractivity contribution in [1.29, 1.82) is 0 Å². The molecular weight excluding hydrogens is 262 g/mol. The maximum atomic E-state index is 12.0. The van der Waals surface area contributed by atoms with Gasteiger partial charge in [0, 0.05) is 13.6 Å². The molecule has 0 aliphatic carbocycles. The molecule has 0 aliphatic rings. The van der Waals surface area contributed by atoms with Gasteiger partial charge in [0.05, 0.1) is 6.33 Å².